The van der Waals surface area contributed by atoms with E-state index in [1.807, 2.05) is 0 Å². The van der Waals surface area contributed by atoms with Gasteiger partial charge in [-0.25, -0.2) is 0 Å². The van der Waals surface area contributed by atoms with Crippen LogP contribution < -0.4 is 5.32 Å². The number of carbonyl (C=O) groups excluding carboxylic acids is 1. The molecule has 3 fully saturated rings. The van der Waals surface area contributed by atoms with Crippen LogP contribution in [0.2, 0.25) is 0 Å². The number of hydrogen-bond donors (Lipinski definition) is 1. The van der Waals surface area contributed by atoms with Crippen LogP contribution in [0.4, 0.5) is 0 Å². The second-order valence-electron chi connectivity index (χ2n) is 7.21. The Morgan fingerprint density at radius 2 is 2.05 bits per heavy atom. The van der Waals surface area contributed by atoms with Gasteiger partial charge < -0.3 is 9.64 Å². The Kier molecular flexibility index (Phi) is 4.26. The number of methoxy groups -OCH3 is 1. The summed E-state index contributed by atoms with van der Waals surface area (Å²) in [5.41, 5.74) is -0.423. The van der Waals surface area contributed by atoms with Crippen LogP contribution in [0.15, 0.2) is 0 Å². The van der Waals surface area contributed by atoms with Gasteiger partial charge in [0.25, 0.3) is 0 Å². The maximum atomic E-state index is 12.3. The van der Waals surface area contributed by atoms with Gasteiger partial charge in [-0.3, -0.25) is 15.0 Å². The minimum absolute atomic E-state index is 0.0564. The van der Waals surface area contributed by atoms with E-state index in [4.69, 9.17) is 4.74 Å². The van der Waals surface area contributed by atoms with Gasteiger partial charge in [0.1, 0.15) is 5.54 Å². The fraction of sp³-hybridized carbons (Fsp3) is 0.938. The maximum Gasteiger partial charge on any atom is 0.326 e. The number of nitrogens with zero attached hydrogens (tertiary/aromatic N) is 2. The number of nitrogens with one attached hydrogen (secondary N) is 1. The summed E-state index contributed by atoms with van der Waals surface area (Å²) in [6.07, 6.45) is 5.34. The molecular weight excluding hydrogens is 266 g/mol. The molecule has 2 aliphatic carbocycles. The SMILES string of the molecule is COC(=O)C1(NC2CC2)CCC(N2CCN(C)C(C)C2)C1. The van der Waals surface area contributed by atoms with Crippen molar-refractivity contribution >= 4 is 5.97 Å². The van der Waals surface area contributed by atoms with Crippen molar-refractivity contribution in [1.29, 1.82) is 0 Å². The average Bonchev–Trinajstić information content (AvgIpc) is 3.18. The van der Waals surface area contributed by atoms with E-state index in [1.54, 1.807) is 0 Å². The minimum Gasteiger partial charge on any atom is -0.468 e. The van der Waals surface area contributed by atoms with E-state index in [0.717, 1.165) is 38.9 Å². The molecule has 1 heterocycles. The number of ether oxygens (including phenoxy) is 1. The number of carbonyl (C=O) groups is 1. The number of hydrogen-bond acceptors (Lipinski definition) is 5. The molecule has 0 spiro atoms. The minimum atomic E-state index is -0.423. The van der Waals surface area contributed by atoms with Gasteiger partial charge in [0, 0.05) is 37.8 Å². The van der Waals surface area contributed by atoms with Gasteiger partial charge in [-0.2, -0.15) is 0 Å². The van der Waals surface area contributed by atoms with Gasteiger partial charge in [-0.1, -0.05) is 0 Å². The van der Waals surface area contributed by atoms with E-state index in [0.29, 0.717) is 18.1 Å². The number of likely N-dealkylation sites (N-methyl/N-ethyl adjacent to an activating group) is 1. The molecule has 2 saturated carbocycles. The highest BCUT2D eigenvalue weighted by Crippen LogP contribution is 2.37. The number of piperazine rings is 1. The highest BCUT2D eigenvalue weighted by molar-refractivity contribution is 5.81. The van der Waals surface area contributed by atoms with Crippen molar-refractivity contribution in [2.24, 2.45) is 0 Å². The summed E-state index contributed by atoms with van der Waals surface area (Å²) in [5, 5.41) is 3.59. The van der Waals surface area contributed by atoms with Crippen molar-refractivity contribution in [2.75, 3.05) is 33.8 Å². The van der Waals surface area contributed by atoms with Crippen molar-refractivity contribution in [1.82, 2.24) is 15.1 Å². The van der Waals surface area contributed by atoms with Gasteiger partial charge in [0.2, 0.25) is 0 Å². The zero-order chi connectivity index (χ0) is 15.0. The quantitative estimate of drug-likeness (QED) is 0.779. The Labute approximate surface area is 128 Å². The predicted octanol–water partition coefficient (Wildman–Crippen LogP) is 0.839. The lowest BCUT2D eigenvalue weighted by Crippen LogP contribution is -2.55. The van der Waals surface area contributed by atoms with Crippen LogP contribution in [0.5, 0.6) is 0 Å². The first-order chi connectivity index (χ1) is 10.0. The summed E-state index contributed by atoms with van der Waals surface area (Å²) in [6.45, 7) is 5.64. The third-order valence-corrected chi connectivity index (χ3v) is 5.63. The summed E-state index contributed by atoms with van der Waals surface area (Å²) in [4.78, 5) is 17.3. The first-order valence-corrected chi connectivity index (χ1v) is 8.34. The van der Waals surface area contributed by atoms with Crippen LogP contribution in [0.3, 0.4) is 0 Å². The van der Waals surface area contributed by atoms with Crippen LogP contribution in [0, 0.1) is 0 Å². The normalized spacial score (nSPS) is 38.6. The molecule has 3 atom stereocenters. The van der Waals surface area contributed by atoms with Crippen LogP contribution in [-0.4, -0.2) is 73.2 Å². The summed E-state index contributed by atoms with van der Waals surface area (Å²) in [6, 6.07) is 1.66. The molecule has 120 valence electrons. The summed E-state index contributed by atoms with van der Waals surface area (Å²) >= 11 is 0. The summed E-state index contributed by atoms with van der Waals surface area (Å²) < 4.78 is 5.11. The van der Waals surface area contributed by atoms with E-state index in [9.17, 15) is 4.79 Å². The molecule has 21 heavy (non-hydrogen) atoms. The van der Waals surface area contributed by atoms with Gasteiger partial charge in [-0.05, 0) is 46.1 Å². The number of esters is 1. The Hall–Kier alpha value is -0.650. The molecule has 0 aromatic carbocycles. The van der Waals surface area contributed by atoms with E-state index in [1.165, 1.54) is 20.0 Å². The van der Waals surface area contributed by atoms with Crippen molar-refractivity contribution in [3.05, 3.63) is 0 Å². The molecule has 0 bridgehead atoms. The molecule has 5 nitrogen and oxygen atoms in total. The molecule has 3 aliphatic rings. The molecule has 1 N–H and O–H groups in total. The Morgan fingerprint density at radius 1 is 1.29 bits per heavy atom. The second kappa shape index (κ2) is 5.86. The molecule has 0 aromatic rings. The Bertz CT molecular complexity index is 399. The fourth-order valence-corrected chi connectivity index (χ4v) is 3.93. The average molecular weight is 295 g/mol. The molecule has 3 rings (SSSR count). The Morgan fingerprint density at radius 3 is 2.67 bits per heavy atom. The number of rotatable bonds is 4. The van der Waals surface area contributed by atoms with Gasteiger partial charge in [-0.15, -0.1) is 0 Å². The highest BCUT2D eigenvalue weighted by atomic mass is 16.5. The first kappa shape index (κ1) is 15.3. The molecule has 1 saturated heterocycles. The molecule has 0 amide bonds. The largest absolute Gasteiger partial charge is 0.468 e. The molecule has 3 unspecified atom stereocenters. The van der Waals surface area contributed by atoms with Gasteiger partial charge in [0.15, 0.2) is 0 Å². The standard InChI is InChI=1S/C16H29N3O2/c1-12-11-19(9-8-18(12)2)14-6-7-16(10-14,15(20)21-3)17-13-4-5-13/h12-14,17H,4-11H2,1-3H3. The summed E-state index contributed by atoms with van der Waals surface area (Å²) in [7, 11) is 3.72. The fourth-order valence-electron chi connectivity index (χ4n) is 3.93. The molecule has 0 radical (unpaired) electrons. The van der Waals surface area contributed by atoms with E-state index < -0.39 is 5.54 Å². The predicted molar refractivity (Wildman–Crippen MR) is 82.2 cm³/mol. The van der Waals surface area contributed by atoms with Crippen LogP contribution in [-0.2, 0) is 9.53 Å². The van der Waals surface area contributed by atoms with Crippen molar-refractivity contribution < 1.29 is 9.53 Å². The van der Waals surface area contributed by atoms with Gasteiger partial charge >= 0.3 is 5.97 Å². The first-order valence-electron chi connectivity index (χ1n) is 8.34. The maximum absolute atomic E-state index is 12.3. The lowest BCUT2D eigenvalue weighted by Gasteiger charge is -2.41. The monoisotopic (exact) mass is 295 g/mol. The van der Waals surface area contributed by atoms with Crippen molar-refractivity contribution in [2.45, 2.75) is 62.7 Å². The lowest BCUT2D eigenvalue weighted by molar-refractivity contribution is -0.148. The lowest BCUT2D eigenvalue weighted by atomic mass is 9.96. The van der Waals surface area contributed by atoms with E-state index >= 15 is 0 Å². The zero-order valence-electron chi connectivity index (χ0n) is 13.6. The zero-order valence-corrected chi connectivity index (χ0v) is 13.6. The van der Waals surface area contributed by atoms with Gasteiger partial charge in [0.05, 0.1) is 7.11 Å². The van der Waals surface area contributed by atoms with Crippen LogP contribution in [0.1, 0.15) is 39.0 Å². The van der Waals surface area contributed by atoms with Crippen LogP contribution >= 0.6 is 0 Å². The smallest absolute Gasteiger partial charge is 0.326 e. The molecular formula is C16H29N3O2. The summed E-state index contributed by atoms with van der Waals surface area (Å²) in [5.74, 6) is -0.0564. The molecule has 5 heteroatoms. The topological polar surface area (TPSA) is 44.8 Å². The van der Waals surface area contributed by atoms with Crippen LogP contribution in [0.25, 0.3) is 0 Å². The van der Waals surface area contributed by atoms with Crippen molar-refractivity contribution in [3.8, 4) is 0 Å². The third kappa shape index (κ3) is 3.10. The molecule has 0 aromatic heterocycles. The third-order valence-electron chi connectivity index (χ3n) is 5.63. The molecule has 1 aliphatic heterocycles. The van der Waals surface area contributed by atoms with E-state index in [2.05, 4.69) is 29.1 Å². The van der Waals surface area contributed by atoms with E-state index in [-0.39, 0.29) is 5.97 Å². The Balaban J connectivity index is 1.65. The van der Waals surface area contributed by atoms with Crippen molar-refractivity contribution in [3.63, 3.8) is 0 Å². The highest BCUT2D eigenvalue weighted by Gasteiger charge is 2.50. The second-order valence-corrected chi connectivity index (χ2v) is 7.21.